The van der Waals surface area contributed by atoms with Gasteiger partial charge in [-0.3, -0.25) is 0 Å². The molecule has 0 saturated heterocycles. The first-order valence-corrected chi connectivity index (χ1v) is 6.85. The molecule has 0 aromatic carbocycles. The summed E-state index contributed by atoms with van der Waals surface area (Å²) in [5.74, 6) is 0.269. The van der Waals surface area contributed by atoms with Crippen LogP contribution in [0.5, 0.6) is 0 Å². The molecule has 1 saturated carbocycles. The van der Waals surface area contributed by atoms with Gasteiger partial charge in [-0.1, -0.05) is 19.3 Å². The molecule has 0 radical (unpaired) electrons. The highest BCUT2D eigenvalue weighted by molar-refractivity contribution is 5.89. The fourth-order valence-electron chi connectivity index (χ4n) is 2.85. The lowest BCUT2D eigenvalue weighted by Gasteiger charge is -2.19. The van der Waals surface area contributed by atoms with Crippen LogP contribution in [-0.2, 0) is 4.74 Å². The number of imidazole rings is 1. The van der Waals surface area contributed by atoms with Crippen molar-refractivity contribution in [2.24, 2.45) is 0 Å². The quantitative estimate of drug-likeness (QED) is 0.777. The Kier molecular flexibility index (Phi) is 3.23. The largest absolute Gasteiger partial charge is 0.465 e. The molecule has 4 heteroatoms. The molecule has 100 valence electrons. The van der Waals surface area contributed by atoms with Crippen LogP contribution in [0.25, 0.3) is 5.65 Å². The third-order valence-corrected chi connectivity index (χ3v) is 3.91. The predicted octanol–water partition coefficient (Wildman–Crippen LogP) is 3.17. The molecule has 0 unspecified atom stereocenters. The summed E-state index contributed by atoms with van der Waals surface area (Å²) in [5, 5.41) is 0. The SMILES string of the molecule is COC(=O)c1ccc2nc(C3CCCCC3)cn2c1. The van der Waals surface area contributed by atoms with E-state index in [4.69, 9.17) is 4.74 Å². The molecule has 0 aliphatic heterocycles. The lowest BCUT2D eigenvalue weighted by molar-refractivity contribution is 0.0600. The van der Waals surface area contributed by atoms with E-state index in [0.29, 0.717) is 11.5 Å². The maximum absolute atomic E-state index is 11.5. The molecule has 0 amide bonds. The van der Waals surface area contributed by atoms with E-state index in [0.717, 1.165) is 11.3 Å². The van der Waals surface area contributed by atoms with Crippen molar-refractivity contribution in [3.63, 3.8) is 0 Å². The van der Waals surface area contributed by atoms with Gasteiger partial charge in [0.2, 0.25) is 0 Å². The molecule has 1 aliphatic rings. The van der Waals surface area contributed by atoms with Crippen molar-refractivity contribution in [3.05, 3.63) is 35.8 Å². The van der Waals surface area contributed by atoms with Crippen molar-refractivity contribution in [1.82, 2.24) is 9.38 Å². The van der Waals surface area contributed by atoms with Crippen LogP contribution in [0, 0.1) is 0 Å². The second-order valence-corrected chi connectivity index (χ2v) is 5.18. The Balaban J connectivity index is 1.93. The van der Waals surface area contributed by atoms with E-state index in [-0.39, 0.29) is 5.97 Å². The monoisotopic (exact) mass is 258 g/mol. The fraction of sp³-hybridized carbons (Fsp3) is 0.467. The summed E-state index contributed by atoms with van der Waals surface area (Å²) in [7, 11) is 1.40. The Morgan fingerprint density at radius 1 is 1.26 bits per heavy atom. The Bertz CT molecular complexity index is 597. The molecular weight excluding hydrogens is 240 g/mol. The van der Waals surface area contributed by atoms with Crippen molar-refractivity contribution in [3.8, 4) is 0 Å². The average molecular weight is 258 g/mol. The molecule has 0 atom stereocenters. The number of carbonyl (C=O) groups excluding carboxylic acids is 1. The molecule has 4 nitrogen and oxygen atoms in total. The Labute approximate surface area is 112 Å². The summed E-state index contributed by atoms with van der Waals surface area (Å²) >= 11 is 0. The second-order valence-electron chi connectivity index (χ2n) is 5.18. The molecular formula is C15H18N2O2. The van der Waals surface area contributed by atoms with Gasteiger partial charge in [0.25, 0.3) is 0 Å². The van der Waals surface area contributed by atoms with E-state index in [9.17, 15) is 4.79 Å². The highest BCUT2D eigenvalue weighted by Gasteiger charge is 2.18. The van der Waals surface area contributed by atoms with Gasteiger partial charge in [-0.25, -0.2) is 9.78 Å². The lowest BCUT2D eigenvalue weighted by atomic mass is 9.87. The normalized spacial score (nSPS) is 16.7. The van der Waals surface area contributed by atoms with Gasteiger partial charge in [-0.05, 0) is 25.0 Å². The van der Waals surface area contributed by atoms with Crippen LogP contribution in [0.1, 0.15) is 54.1 Å². The number of carbonyl (C=O) groups is 1. The van der Waals surface area contributed by atoms with Gasteiger partial charge >= 0.3 is 5.97 Å². The highest BCUT2D eigenvalue weighted by atomic mass is 16.5. The van der Waals surface area contributed by atoms with Gasteiger partial charge in [0.15, 0.2) is 0 Å². The first kappa shape index (κ1) is 12.2. The second kappa shape index (κ2) is 5.03. The molecule has 19 heavy (non-hydrogen) atoms. The minimum Gasteiger partial charge on any atom is -0.465 e. The smallest absolute Gasteiger partial charge is 0.339 e. The molecule has 1 fully saturated rings. The van der Waals surface area contributed by atoms with Crippen molar-refractivity contribution in [2.45, 2.75) is 38.0 Å². The Morgan fingerprint density at radius 3 is 2.79 bits per heavy atom. The minimum absolute atomic E-state index is 0.310. The zero-order valence-corrected chi connectivity index (χ0v) is 11.1. The number of esters is 1. The van der Waals surface area contributed by atoms with Gasteiger partial charge in [0.05, 0.1) is 18.4 Å². The van der Waals surface area contributed by atoms with E-state index in [2.05, 4.69) is 11.2 Å². The fourth-order valence-corrected chi connectivity index (χ4v) is 2.85. The maximum Gasteiger partial charge on any atom is 0.339 e. The molecule has 0 spiro atoms. The zero-order chi connectivity index (χ0) is 13.2. The van der Waals surface area contributed by atoms with Crippen LogP contribution >= 0.6 is 0 Å². The first-order chi connectivity index (χ1) is 9.28. The van der Waals surface area contributed by atoms with Crippen molar-refractivity contribution >= 4 is 11.6 Å². The number of methoxy groups -OCH3 is 1. The van der Waals surface area contributed by atoms with Crippen molar-refractivity contribution in [2.75, 3.05) is 7.11 Å². The molecule has 0 N–H and O–H groups in total. The number of ether oxygens (including phenoxy) is 1. The summed E-state index contributed by atoms with van der Waals surface area (Å²) in [6, 6.07) is 3.64. The van der Waals surface area contributed by atoms with Crippen molar-refractivity contribution in [1.29, 1.82) is 0 Å². The zero-order valence-electron chi connectivity index (χ0n) is 11.1. The number of pyridine rings is 1. The minimum atomic E-state index is -0.310. The Hall–Kier alpha value is -1.84. The van der Waals surface area contributed by atoms with Crippen LogP contribution < -0.4 is 0 Å². The van der Waals surface area contributed by atoms with Gasteiger partial charge in [-0.15, -0.1) is 0 Å². The summed E-state index contributed by atoms with van der Waals surface area (Å²) in [6.07, 6.45) is 10.2. The number of hydrogen-bond acceptors (Lipinski definition) is 3. The van der Waals surface area contributed by atoms with Gasteiger partial charge < -0.3 is 9.14 Å². The number of rotatable bonds is 2. The Morgan fingerprint density at radius 2 is 2.05 bits per heavy atom. The van der Waals surface area contributed by atoms with Gasteiger partial charge in [0, 0.05) is 18.3 Å². The third kappa shape index (κ3) is 2.35. The first-order valence-electron chi connectivity index (χ1n) is 6.85. The third-order valence-electron chi connectivity index (χ3n) is 3.91. The number of fused-ring (bicyclic) bond motifs is 1. The van der Waals surface area contributed by atoms with Crippen LogP contribution in [0.15, 0.2) is 24.5 Å². The van der Waals surface area contributed by atoms with Gasteiger partial charge in [0.1, 0.15) is 5.65 Å². The van der Waals surface area contributed by atoms with E-state index in [1.807, 2.05) is 10.5 Å². The van der Waals surface area contributed by atoms with Crippen molar-refractivity contribution < 1.29 is 9.53 Å². The number of nitrogens with zero attached hydrogens (tertiary/aromatic N) is 2. The molecule has 1 aliphatic carbocycles. The summed E-state index contributed by atoms with van der Waals surface area (Å²) in [6.45, 7) is 0. The molecule has 2 aromatic rings. The topological polar surface area (TPSA) is 43.6 Å². The average Bonchev–Trinajstić information content (AvgIpc) is 2.90. The summed E-state index contributed by atoms with van der Waals surface area (Å²) < 4.78 is 6.66. The van der Waals surface area contributed by atoms with E-state index >= 15 is 0 Å². The number of aromatic nitrogens is 2. The molecule has 3 rings (SSSR count). The van der Waals surface area contributed by atoms with Gasteiger partial charge in [-0.2, -0.15) is 0 Å². The predicted molar refractivity (Wildman–Crippen MR) is 72.4 cm³/mol. The molecule has 2 heterocycles. The van der Waals surface area contributed by atoms with E-state index in [1.54, 1.807) is 12.3 Å². The van der Waals surface area contributed by atoms with E-state index < -0.39 is 0 Å². The van der Waals surface area contributed by atoms with Crippen LogP contribution in [0.2, 0.25) is 0 Å². The highest BCUT2D eigenvalue weighted by Crippen LogP contribution is 2.32. The summed E-state index contributed by atoms with van der Waals surface area (Å²) in [5.41, 5.74) is 2.61. The van der Waals surface area contributed by atoms with Crippen LogP contribution in [0.3, 0.4) is 0 Å². The van der Waals surface area contributed by atoms with Crippen LogP contribution in [-0.4, -0.2) is 22.5 Å². The maximum atomic E-state index is 11.5. The summed E-state index contributed by atoms with van der Waals surface area (Å²) in [4.78, 5) is 16.2. The lowest BCUT2D eigenvalue weighted by Crippen LogP contribution is -2.04. The molecule has 2 aromatic heterocycles. The number of hydrogen-bond donors (Lipinski definition) is 0. The van der Waals surface area contributed by atoms with E-state index in [1.165, 1.54) is 39.2 Å². The molecule has 0 bridgehead atoms. The standard InChI is InChI=1S/C15H18N2O2/c1-19-15(18)12-7-8-14-16-13(10-17(14)9-12)11-5-3-2-4-6-11/h7-11H,2-6H2,1H3. The van der Waals surface area contributed by atoms with Crippen LogP contribution in [0.4, 0.5) is 0 Å².